The molecule has 12 nitrogen and oxygen atoms in total. The number of likely N-dealkylation sites (N-methyl/N-ethyl adjacent to an activating group) is 4. The summed E-state index contributed by atoms with van der Waals surface area (Å²) in [5, 5.41) is 11.4. The van der Waals surface area contributed by atoms with Crippen LogP contribution in [0.15, 0.2) is 94.2 Å². The number of amides is 2. The first-order valence-corrected chi connectivity index (χ1v) is 20.2. The number of fused-ring (bicyclic) bond motifs is 2. The predicted octanol–water partition coefficient (Wildman–Crippen LogP) is 6.72. The number of rotatable bonds is 15. The maximum absolute atomic E-state index is 12.9. The lowest BCUT2D eigenvalue weighted by Crippen LogP contribution is -2.36. The largest absolute Gasteiger partial charge is 0.463 e. The minimum Gasteiger partial charge on any atom is -0.463 e. The van der Waals surface area contributed by atoms with Crippen LogP contribution in [0, 0.1) is 13.8 Å². The first kappa shape index (κ1) is 44.8. The van der Waals surface area contributed by atoms with E-state index in [1.54, 1.807) is 24.7 Å². The summed E-state index contributed by atoms with van der Waals surface area (Å²) in [7, 11) is 12.3. The van der Waals surface area contributed by atoms with Crippen molar-refractivity contribution in [2.75, 3.05) is 93.4 Å². The summed E-state index contributed by atoms with van der Waals surface area (Å²) in [6.45, 7) is 10.1. The van der Waals surface area contributed by atoms with Gasteiger partial charge in [0, 0.05) is 61.9 Å². The van der Waals surface area contributed by atoms with Gasteiger partial charge in [0.2, 0.25) is 0 Å². The van der Waals surface area contributed by atoms with Crippen LogP contribution in [0.1, 0.15) is 31.8 Å². The Balaban J connectivity index is 0.000000221. The number of hydrogen-bond donors (Lipinski definition) is 3. The summed E-state index contributed by atoms with van der Waals surface area (Å²) in [5.41, 5.74) is 6.31. The van der Waals surface area contributed by atoms with Gasteiger partial charge in [0.1, 0.15) is 11.4 Å². The molecule has 0 aliphatic heterocycles. The first-order valence-electron chi connectivity index (χ1n) is 19.1. The molecule has 4 heterocycles. The summed E-state index contributed by atoms with van der Waals surface area (Å²) < 4.78 is 10.9. The third-order valence-electron chi connectivity index (χ3n) is 8.86. The maximum Gasteiger partial charge on any atom is 0.252 e. The molecule has 13 heteroatoms. The van der Waals surface area contributed by atoms with Crippen LogP contribution in [0.5, 0.6) is 0 Å². The molecular formula is C44H57BrN8O4. The van der Waals surface area contributed by atoms with Gasteiger partial charge in [0.25, 0.3) is 11.8 Å². The molecule has 0 saturated carbocycles. The number of alkyl halides is 1. The van der Waals surface area contributed by atoms with Crippen LogP contribution in [-0.2, 0) is 0 Å². The molecule has 57 heavy (non-hydrogen) atoms. The molecule has 0 bridgehead atoms. The molecule has 0 radical (unpaired) electrons. The molecule has 2 amide bonds. The lowest BCUT2D eigenvalue weighted by Gasteiger charge is -2.19. The molecule has 0 aliphatic carbocycles. The molecule has 6 aromatic rings. The average Bonchev–Trinajstić information content (AvgIpc) is 3.94. The molecule has 6 rings (SSSR count). The molecule has 0 atom stereocenters. The minimum atomic E-state index is -0.106. The highest BCUT2D eigenvalue weighted by Gasteiger charge is 2.17. The molecule has 4 aromatic heterocycles. The van der Waals surface area contributed by atoms with Crippen molar-refractivity contribution in [1.82, 2.24) is 40.6 Å². The molecule has 0 fully saturated rings. The van der Waals surface area contributed by atoms with Gasteiger partial charge in [-0.05, 0) is 117 Å². The van der Waals surface area contributed by atoms with Crippen LogP contribution in [0.4, 0.5) is 0 Å². The topological polar surface area (TPSA) is 132 Å². The molecule has 0 aliphatic rings. The number of halogens is 1. The van der Waals surface area contributed by atoms with Crippen LogP contribution in [0.3, 0.4) is 0 Å². The molecule has 2 aromatic carbocycles. The van der Waals surface area contributed by atoms with Crippen LogP contribution in [0.25, 0.3) is 44.7 Å². The van der Waals surface area contributed by atoms with E-state index < -0.39 is 0 Å². The van der Waals surface area contributed by atoms with E-state index in [9.17, 15) is 9.59 Å². The van der Waals surface area contributed by atoms with Crippen molar-refractivity contribution in [3.63, 3.8) is 0 Å². The molecule has 0 saturated heterocycles. The molecule has 0 spiro atoms. The zero-order valence-electron chi connectivity index (χ0n) is 34.5. The average molecular weight is 842 g/mol. The Morgan fingerprint density at radius 2 is 1.12 bits per heavy atom. The van der Waals surface area contributed by atoms with E-state index in [1.165, 1.54) is 0 Å². The van der Waals surface area contributed by atoms with Gasteiger partial charge in [0.15, 0.2) is 11.5 Å². The standard InChI is InChI=1S/C22H28N4O2.C17H15BrN2O2.C5H14N2/c1-16-7-8-19-17(14-16)18(15-20(24-19)21-6-5-13-28-21)22(27)23-9-10-26(4)12-11-25(2)3;1-11-4-5-14-12(9-11)13(17(21)19-7-6-18)10-15(20-14)16-3-2-8-22-16;1-6-4-5-7(2)3/h5-8,13-15H,9-12H2,1-4H3,(H,23,27);2-5,8-10H,6-7H2,1H3,(H,19,21);6H,4-5H2,1-3H3. The number of aryl methyl sites for hydroxylation is 2. The fourth-order valence-electron chi connectivity index (χ4n) is 5.69. The van der Waals surface area contributed by atoms with Crippen molar-refractivity contribution in [2.24, 2.45) is 0 Å². The number of nitrogens with zero attached hydrogens (tertiary/aromatic N) is 5. The number of nitrogens with one attached hydrogen (secondary N) is 3. The summed E-state index contributed by atoms with van der Waals surface area (Å²) in [6, 6.07) is 22.8. The second kappa shape index (κ2) is 22.7. The predicted molar refractivity (Wildman–Crippen MR) is 235 cm³/mol. The Kier molecular flexibility index (Phi) is 17.9. The van der Waals surface area contributed by atoms with E-state index in [4.69, 9.17) is 8.83 Å². The molecule has 0 unspecified atom stereocenters. The highest BCUT2D eigenvalue weighted by molar-refractivity contribution is 9.09. The van der Waals surface area contributed by atoms with Crippen LogP contribution in [0.2, 0.25) is 0 Å². The molecule has 3 N–H and O–H groups in total. The second-order valence-electron chi connectivity index (χ2n) is 14.3. The normalized spacial score (nSPS) is 11.1. The van der Waals surface area contributed by atoms with Gasteiger partial charge in [-0.25, -0.2) is 9.97 Å². The molecular weight excluding hydrogens is 784 g/mol. The van der Waals surface area contributed by atoms with Gasteiger partial charge in [-0.15, -0.1) is 0 Å². The summed E-state index contributed by atoms with van der Waals surface area (Å²) in [6.07, 6.45) is 3.21. The highest BCUT2D eigenvalue weighted by Crippen LogP contribution is 2.27. The number of aromatic nitrogens is 2. The fraction of sp³-hybridized carbons (Fsp3) is 0.364. The zero-order valence-corrected chi connectivity index (χ0v) is 36.1. The maximum atomic E-state index is 12.9. The Bertz CT molecular complexity index is 2150. The second-order valence-corrected chi connectivity index (χ2v) is 15.1. The first-order chi connectivity index (χ1) is 27.4. The van der Waals surface area contributed by atoms with Crippen molar-refractivity contribution < 1.29 is 18.4 Å². The van der Waals surface area contributed by atoms with Gasteiger partial charge < -0.3 is 39.5 Å². The van der Waals surface area contributed by atoms with Crippen LogP contribution in [-0.4, -0.2) is 130 Å². The SMILES string of the molecule is CNCCN(C)C.Cc1ccc2nc(-c3ccco3)cc(C(=O)NCCBr)c2c1.Cc1ccc2nc(-c3ccco3)cc(C(=O)NCCN(C)CCN(C)C)c2c1. The van der Waals surface area contributed by atoms with Gasteiger partial charge in [0.05, 0.1) is 34.7 Å². The lowest BCUT2D eigenvalue weighted by molar-refractivity contribution is 0.0945. The Morgan fingerprint density at radius 1 is 0.632 bits per heavy atom. The van der Waals surface area contributed by atoms with Crippen LogP contribution >= 0.6 is 15.9 Å². The van der Waals surface area contributed by atoms with E-state index in [0.29, 0.717) is 52.5 Å². The number of benzene rings is 2. The van der Waals surface area contributed by atoms with Gasteiger partial charge in [-0.1, -0.05) is 39.2 Å². The summed E-state index contributed by atoms with van der Waals surface area (Å²) in [5.74, 6) is 1.11. The smallest absolute Gasteiger partial charge is 0.252 e. The molecule has 304 valence electrons. The zero-order chi connectivity index (χ0) is 41.3. The Hall–Kier alpha value is -4.92. The Morgan fingerprint density at radius 3 is 1.53 bits per heavy atom. The third kappa shape index (κ3) is 13.9. The Labute approximate surface area is 345 Å². The highest BCUT2D eigenvalue weighted by atomic mass is 79.9. The van der Waals surface area contributed by atoms with Crippen LogP contribution < -0.4 is 16.0 Å². The van der Waals surface area contributed by atoms with E-state index in [0.717, 1.165) is 65.7 Å². The number of carbonyl (C=O) groups excluding carboxylic acids is 2. The van der Waals surface area contributed by atoms with Crippen molar-refractivity contribution in [3.8, 4) is 22.9 Å². The van der Waals surface area contributed by atoms with E-state index in [1.807, 2.05) is 81.6 Å². The number of pyridine rings is 2. The lowest BCUT2D eigenvalue weighted by atomic mass is 10.0. The summed E-state index contributed by atoms with van der Waals surface area (Å²) >= 11 is 3.32. The number of furan rings is 2. The third-order valence-corrected chi connectivity index (χ3v) is 9.26. The van der Waals surface area contributed by atoms with Gasteiger partial charge in [-0.2, -0.15) is 0 Å². The fourth-order valence-corrected chi connectivity index (χ4v) is 5.88. The van der Waals surface area contributed by atoms with E-state index in [-0.39, 0.29) is 11.8 Å². The van der Waals surface area contributed by atoms with Crippen molar-refractivity contribution in [2.45, 2.75) is 13.8 Å². The van der Waals surface area contributed by atoms with Crippen molar-refractivity contribution in [1.29, 1.82) is 0 Å². The summed E-state index contributed by atoms with van der Waals surface area (Å²) in [4.78, 5) is 41.2. The quantitative estimate of drug-likeness (QED) is 0.0959. The van der Waals surface area contributed by atoms with E-state index in [2.05, 4.69) is 91.8 Å². The minimum absolute atomic E-state index is 0.0909. The monoisotopic (exact) mass is 840 g/mol. The van der Waals surface area contributed by atoms with Gasteiger partial charge >= 0.3 is 0 Å². The van der Waals surface area contributed by atoms with E-state index >= 15 is 0 Å². The number of carbonyl (C=O) groups is 2. The number of hydrogen-bond acceptors (Lipinski definition) is 10. The van der Waals surface area contributed by atoms with Crippen molar-refractivity contribution in [3.05, 3.63) is 108 Å². The van der Waals surface area contributed by atoms with Crippen molar-refractivity contribution >= 4 is 49.6 Å². The van der Waals surface area contributed by atoms with Gasteiger partial charge in [-0.3, -0.25) is 9.59 Å².